The van der Waals surface area contributed by atoms with Crippen molar-refractivity contribution in [3.8, 4) is 0 Å². The first-order chi connectivity index (χ1) is 8.10. The zero-order valence-corrected chi connectivity index (χ0v) is 12.9. The molecule has 0 saturated carbocycles. The van der Waals surface area contributed by atoms with Crippen LogP contribution < -0.4 is 0 Å². The molecule has 0 aliphatic carbocycles. The van der Waals surface area contributed by atoms with Crippen LogP contribution in [0.3, 0.4) is 0 Å². The summed E-state index contributed by atoms with van der Waals surface area (Å²) in [5.74, 6) is 0. The number of nitrogens with zero attached hydrogens (tertiary/aromatic N) is 3. The first kappa shape index (κ1) is 15.0. The molecule has 0 N–H and O–H groups in total. The number of aryl methyl sites for hydroxylation is 2. The molecule has 0 radical (unpaired) electrons. The van der Waals surface area contributed by atoms with Crippen molar-refractivity contribution >= 4 is 27.5 Å². The number of hydrogen-bond acceptors (Lipinski definition) is 3. The maximum Gasteiger partial charge on any atom is 0.131 e. The molecule has 0 spiro atoms. The molecule has 1 rings (SSSR count). The van der Waals surface area contributed by atoms with Gasteiger partial charge in [0.25, 0.3) is 0 Å². The Balaban J connectivity index is 2.70. The fourth-order valence-corrected chi connectivity index (χ4v) is 2.42. The highest BCUT2D eigenvalue weighted by atomic mass is 79.9. The van der Waals surface area contributed by atoms with E-state index in [1.54, 1.807) is 11.8 Å². The van der Waals surface area contributed by atoms with Crippen LogP contribution in [0, 0.1) is 6.92 Å². The molecular formula is C11H19BrClN3O. The van der Waals surface area contributed by atoms with Crippen molar-refractivity contribution in [1.82, 2.24) is 14.7 Å². The predicted octanol–water partition coefficient (Wildman–Crippen LogP) is 2.23. The first-order valence-corrected chi connectivity index (χ1v) is 7.05. The minimum Gasteiger partial charge on any atom is -0.383 e. The number of rotatable bonds is 7. The second-order valence-electron chi connectivity index (χ2n) is 3.94. The van der Waals surface area contributed by atoms with Crippen molar-refractivity contribution in [3.05, 3.63) is 16.4 Å². The van der Waals surface area contributed by atoms with Crippen LogP contribution in [-0.4, -0.2) is 46.8 Å². The van der Waals surface area contributed by atoms with Gasteiger partial charge in [-0.25, -0.2) is 0 Å². The summed E-state index contributed by atoms with van der Waals surface area (Å²) >= 11 is 9.68. The van der Waals surface area contributed by atoms with Gasteiger partial charge in [0, 0.05) is 44.7 Å². The van der Waals surface area contributed by atoms with E-state index in [1.807, 2.05) is 14.0 Å². The smallest absolute Gasteiger partial charge is 0.131 e. The molecule has 1 heterocycles. The van der Waals surface area contributed by atoms with E-state index in [-0.39, 0.29) is 0 Å². The molecule has 0 aliphatic heterocycles. The quantitative estimate of drug-likeness (QED) is 0.721. The van der Waals surface area contributed by atoms with Crippen molar-refractivity contribution in [2.24, 2.45) is 7.05 Å². The van der Waals surface area contributed by atoms with Gasteiger partial charge < -0.3 is 4.74 Å². The van der Waals surface area contributed by atoms with Gasteiger partial charge in [-0.05, 0) is 6.92 Å². The molecule has 0 amide bonds. The summed E-state index contributed by atoms with van der Waals surface area (Å²) < 4.78 is 6.83. The van der Waals surface area contributed by atoms with Crippen LogP contribution in [0.5, 0.6) is 0 Å². The lowest BCUT2D eigenvalue weighted by Crippen LogP contribution is -2.29. The van der Waals surface area contributed by atoms with Gasteiger partial charge >= 0.3 is 0 Å². The second kappa shape index (κ2) is 7.36. The largest absolute Gasteiger partial charge is 0.383 e. The van der Waals surface area contributed by atoms with Gasteiger partial charge in [0.1, 0.15) is 5.15 Å². The zero-order valence-electron chi connectivity index (χ0n) is 10.5. The van der Waals surface area contributed by atoms with Crippen LogP contribution >= 0.6 is 27.5 Å². The van der Waals surface area contributed by atoms with Gasteiger partial charge in [-0.3, -0.25) is 9.58 Å². The van der Waals surface area contributed by atoms with Gasteiger partial charge in [0.15, 0.2) is 0 Å². The maximum atomic E-state index is 6.22. The van der Waals surface area contributed by atoms with Crippen LogP contribution in [0.25, 0.3) is 0 Å². The number of hydrogen-bond donors (Lipinski definition) is 0. The Morgan fingerprint density at radius 3 is 2.65 bits per heavy atom. The Hall–Kier alpha value is -0.100. The Kier molecular flexibility index (Phi) is 6.48. The molecule has 0 fully saturated rings. The number of methoxy groups -OCH3 is 1. The summed E-state index contributed by atoms with van der Waals surface area (Å²) in [5.41, 5.74) is 2.10. The van der Waals surface area contributed by atoms with Crippen LogP contribution in [-0.2, 0) is 18.3 Å². The molecule has 0 aliphatic rings. The third-order valence-electron chi connectivity index (χ3n) is 2.66. The summed E-state index contributed by atoms with van der Waals surface area (Å²) in [6, 6.07) is 0. The fraction of sp³-hybridized carbons (Fsp3) is 0.727. The van der Waals surface area contributed by atoms with E-state index in [9.17, 15) is 0 Å². The highest BCUT2D eigenvalue weighted by molar-refractivity contribution is 9.09. The molecule has 0 unspecified atom stereocenters. The number of ether oxygens (including phenoxy) is 1. The third kappa shape index (κ3) is 4.25. The molecule has 0 aromatic carbocycles. The van der Waals surface area contributed by atoms with Crippen molar-refractivity contribution in [1.29, 1.82) is 0 Å². The molecule has 1 aromatic heterocycles. The minimum absolute atomic E-state index is 0.722. The van der Waals surface area contributed by atoms with Crippen molar-refractivity contribution in [2.75, 3.05) is 32.1 Å². The topological polar surface area (TPSA) is 30.3 Å². The highest BCUT2D eigenvalue weighted by Gasteiger charge is 2.14. The summed E-state index contributed by atoms with van der Waals surface area (Å²) in [6.07, 6.45) is 0. The van der Waals surface area contributed by atoms with Gasteiger partial charge in [-0.15, -0.1) is 0 Å². The SMILES string of the molecule is COCCN(CCBr)Cc1c(C)nn(C)c1Cl. The van der Waals surface area contributed by atoms with Crippen LogP contribution in [0.1, 0.15) is 11.3 Å². The molecule has 4 nitrogen and oxygen atoms in total. The van der Waals surface area contributed by atoms with Gasteiger partial charge in [-0.1, -0.05) is 27.5 Å². The summed E-state index contributed by atoms with van der Waals surface area (Å²) in [4.78, 5) is 2.30. The predicted molar refractivity (Wildman–Crippen MR) is 73.9 cm³/mol. The van der Waals surface area contributed by atoms with Gasteiger partial charge in [0.2, 0.25) is 0 Å². The van der Waals surface area contributed by atoms with E-state index < -0.39 is 0 Å². The van der Waals surface area contributed by atoms with Crippen molar-refractivity contribution < 1.29 is 4.74 Å². The average Bonchev–Trinajstić information content (AvgIpc) is 2.53. The minimum atomic E-state index is 0.722. The normalized spacial score (nSPS) is 11.4. The van der Waals surface area contributed by atoms with Crippen molar-refractivity contribution in [2.45, 2.75) is 13.5 Å². The second-order valence-corrected chi connectivity index (χ2v) is 5.09. The zero-order chi connectivity index (χ0) is 12.8. The first-order valence-electron chi connectivity index (χ1n) is 5.55. The number of alkyl halides is 1. The standard InChI is InChI=1S/C11H19BrClN3O/c1-9-10(11(13)15(2)14-9)8-16(5-4-12)6-7-17-3/h4-8H2,1-3H3. The Bertz CT molecular complexity index is 357. The van der Waals surface area contributed by atoms with Crippen molar-refractivity contribution in [3.63, 3.8) is 0 Å². The van der Waals surface area contributed by atoms with E-state index in [1.165, 1.54) is 0 Å². The number of aromatic nitrogens is 2. The van der Waals surface area contributed by atoms with Gasteiger partial charge in [0.05, 0.1) is 12.3 Å². The molecule has 1 aromatic rings. The molecule has 0 saturated heterocycles. The lowest BCUT2D eigenvalue weighted by atomic mass is 10.2. The molecule has 0 atom stereocenters. The maximum absolute atomic E-state index is 6.22. The summed E-state index contributed by atoms with van der Waals surface area (Å²) in [6.45, 7) is 5.39. The molecular weight excluding hydrogens is 305 g/mol. The third-order valence-corrected chi connectivity index (χ3v) is 3.49. The van der Waals surface area contributed by atoms with E-state index in [2.05, 4.69) is 25.9 Å². The summed E-state index contributed by atoms with van der Waals surface area (Å²) in [7, 11) is 3.58. The van der Waals surface area contributed by atoms with E-state index in [4.69, 9.17) is 16.3 Å². The average molecular weight is 325 g/mol. The highest BCUT2D eigenvalue weighted by Crippen LogP contribution is 2.20. The van der Waals surface area contributed by atoms with Crippen LogP contribution in [0.2, 0.25) is 5.15 Å². The Labute approximate surface area is 116 Å². The summed E-state index contributed by atoms with van der Waals surface area (Å²) in [5, 5.41) is 5.98. The van der Waals surface area contributed by atoms with Crippen LogP contribution in [0.4, 0.5) is 0 Å². The molecule has 98 valence electrons. The molecule has 0 bridgehead atoms. The molecule has 17 heavy (non-hydrogen) atoms. The van der Waals surface area contributed by atoms with Gasteiger partial charge in [-0.2, -0.15) is 5.10 Å². The lowest BCUT2D eigenvalue weighted by molar-refractivity contribution is 0.148. The van der Waals surface area contributed by atoms with E-state index >= 15 is 0 Å². The lowest BCUT2D eigenvalue weighted by Gasteiger charge is -2.20. The Morgan fingerprint density at radius 1 is 1.47 bits per heavy atom. The monoisotopic (exact) mass is 323 g/mol. The van der Waals surface area contributed by atoms with Crippen LogP contribution in [0.15, 0.2) is 0 Å². The fourth-order valence-electron chi connectivity index (χ4n) is 1.69. The molecule has 6 heteroatoms. The van der Waals surface area contributed by atoms with E-state index in [0.717, 1.165) is 48.0 Å². The number of halogens is 2. The van der Waals surface area contributed by atoms with E-state index in [0.29, 0.717) is 0 Å². The Morgan fingerprint density at radius 2 is 2.18 bits per heavy atom.